The fraction of sp³-hybridized carbons (Fsp3) is 0.429. The molecule has 1 rings (SSSR count). The fourth-order valence-corrected chi connectivity index (χ4v) is 1.64. The highest BCUT2D eigenvalue weighted by molar-refractivity contribution is 5.81. The molecule has 0 aliphatic heterocycles. The van der Waals surface area contributed by atoms with Crippen molar-refractivity contribution in [2.24, 2.45) is 11.8 Å². The number of hydrogen-bond acceptors (Lipinski definition) is 2. The van der Waals surface area contributed by atoms with E-state index >= 15 is 0 Å². The highest BCUT2D eigenvalue weighted by atomic mass is 19.1. The quantitative estimate of drug-likeness (QED) is 0.869. The first-order valence-corrected chi connectivity index (χ1v) is 5.97. The first kappa shape index (κ1) is 14.2. The van der Waals surface area contributed by atoms with E-state index < -0.39 is 5.92 Å². The number of carbonyl (C=O) groups excluding carboxylic acids is 1. The summed E-state index contributed by atoms with van der Waals surface area (Å²) >= 11 is 0. The molecule has 1 aromatic rings. The molecule has 18 heavy (non-hydrogen) atoms. The minimum atomic E-state index is -0.648. The number of halogens is 1. The van der Waals surface area contributed by atoms with Gasteiger partial charge in [-0.3, -0.25) is 4.79 Å². The standard InChI is InChI=1S/C14H17FN2O/c1-10(2)12(9-16)14(18)17-8-7-11-5-3-4-6-13(11)15/h3-6,10,12H,7-8H2,1-2H3,(H,17,18). The zero-order valence-corrected chi connectivity index (χ0v) is 10.6. The summed E-state index contributed by atoms with van der Waals surface area (Å²) in [6.45, 7) is 3.99. The van der Waals surface area contributed by atoms with Gasteiger partial charge in [0.2, 0.25) is 5.91 Å². The van der Waals surface area contributed by atoms with Crippen LogP contribution in [0, 0.1) is 29.0 Å². The fourth-order valence-electron chi connectivity index (χ4n) is 1.64. The van der Waals surface area contributed by atoms with Crippen LogP contribution in [0.5, 0.6) is 0 Å². The Morgan fingerprint density at radius 3 is 2.67 bits per heavy atom. The van der Waals surface area contributed by atoms with Gasteiger partial charge in [0.25, 0.3) is 0 Å². The van der Waals surface area contributed by atoms with Crippen LogP contribution in [0.2, 0.25) is 0 Å². The molecule has 1 atom stereocenters. The third-order valence-electron chi connectivity index (χ3n) is 2.74. The Bertz CT molecular complexity index is 451. The number of nitriles is 1. The van der Waals surface area contributed by atoms with E-state index in [1.165, 1.54) is 6.07 Å². The van der Waals surface area contributed by atoms with E-state index in [1.807, 2.05) is 19.9 Å². The molecular formula is C14H17FN2O. The molecule has 0 saturated heterocycles. The zero-order chi connectivity index (χ0) is 13.5. The molecular weight excluding hydrogens is 231 g/mol. The number of nitrogens with zero attached hydrogens (tertiary/aromatic N) is 1. The molecule has 0 aromatic heterocycles. The molecule has 1 amide bonds. The Labute approximate surface area is 107 Å². The van der Waals surface area contributed by atoms with Gasteiger partial charge in [-0.1, -0.05) is 32.0 Å². The van der Waals surface area contributed by atoms with Crippen LogP contribution in [0.15, 0.2) is 24.3 Å². The molecule has 1 unspecified atom stereocenters. The Morgan fingerprint density at radius 2 is 2.11 bits per heavy atom. The molecule has 0 fully saturated rings. The lowest BCUT2D eigenvalue weighted by Gasteiger charge is -2.13. The van der Waals surface area contributed by atoms with E-state index in [9.17, 15) is 9.18 Å². The molecule has 3 nitrogen and oxygen atoms in total. The minimum absolute atomic E-state index is 0.0246. The predicted molar refractivity (Wildman–Crippen MR) is 67.1 cm³/mol. The van der Waals surface area contributed by atoms with Gasteiger partial charge in [-0.15, -0.1) is 0 Å². The summed E-state index contributed by atoms with van der Waals surface area (Å²) in [5, 5.41) is 11.5. The summed E-state index contributed by atoms with van der Waals surface area (Å²) in [4.78, 5) is 11.7. The van der Waals surface area contributed by atoms with Gasteiger partial charge < -0.3 is 5.32 Å². The summed E-state index contributed by atoms with van der Waals surface area (Å²) in [5.74, 6) is -1.23. The monoisotopic (exact) mass is 248 g/mol. The lowest BCUT2D eigenvalue weighted by molar-refractivity contribution is -0.124. The van der Waals surface area contributed by atoms with Gasteiger partial charge >= 0.3 is 0 Å². The van der Waals surface area contributed by atoms with Crippen molar-refractivity contribution < 1.29 is 9.18 Å². The Balaban J connectivity index is 2.46. The smallest absolute Gasteiger partial charge is 0.237 e. The van der Waals surface area contributed by atoms with Gasteiger partial charge in [0, 0.05) is 6.54 Å². The number of nitrogens with one attached hydrogen (secondary N) is 1. The van der Waals surface area contributed by atoms with Crippen molar-refractivity contribution in [3.05, 3.63) is 35.6 Å². The highest BCUT2D eigenvalue weighted by Gasteiger charge is 2.20. The van der Waals surface area contributed by atoms with Crippen LogP contribution < -0.4 is 5.32 Å². The largest absolute Gasteiger partial charge is 0.355 e. The lowest BCUT2D eigenvalue weighted by Crippen LogP contribution is -2.34. The van der Waals surface area contributed by atoms with Gasteiger partial charge in [0.15, 0.2) is 0 Å². The number of hydrogen-bond donors (Lipinski definition) is 1. The summed E-state index contributed by atoms with van der Waals surface area (Å²) in [6, 6.07) is 8.44. The molecule has 0 aliphatic rings. The molecule has 4 heteroatoms. The average Bonchev–Trinajstić information content (AvgIpc) is 2.32. The second-order valence-electron chi connectivity index (χ2n) is 4.48. The van der Waals surface area contributed by atoms with E-state index in [0.29, 0.717) is 18.5 Å². The summed E-state index contributed by atoms with van der Waals surface area (Å²) < 4.78 is 13.3. The molecule has 0 aliphatic carbocycles. The van der Waals surface area contributed by atoms with Gasteiger partial charge in [-0.25, -0.2) is 4.39 Å². The molecule has 0 heterocycles. The molecule has 96 valence electrons. The van der Waals surface area contributed by atoms with Crippen molar-refractivity contribution in [2.75, 3.05) is 6.54 Å². The third kappa shape index (κ3) is 3.85. The highest BCUT2D eigenvalue weighted by Crippen LogP contribution is 2.10. The first-order chi connectivity index (χ1) is 8.56. The predicted octanol–water partition coefficient (Wildman–Crippen LogP) is 2.28. The van der Waals surface area contributed by atoms with Crippen LogP contribution in [0.3, 0.4) is 0 Å². The van der Waals surface area contributed by atoms with Crippen molar-refractivity contribution in [3.63, 3.8) is 0 Å². The number of carbonyl (C=O) groups is 1. The Hall–Kier alpha value is -1.89. The number of rotatable bonds is 5. The normalized spacial score (nSPS) is 11.9. The maximum Gasteiger partial charge on any atom is 0.237 e. The topological polar surface area (TPSA) is 52.9 Å². The van der Waals surface area contributed by atoms with Gasteiger partial charge in [-0.2, -0.15) is 5.26 Å². The molecule has 0 bridgehead atoms. The van der Waals surface area contributed by atoms with Crippen molar-refractivity contribution in [1.29, 1.82) is 5.26 Å². The van der Waals surface area contributed by atoms with Crippen molar-refractivity contribution >= 4 is 5.91 Å². The van der Waals surface area contributed by atoms with Crippen LogP contribution >= 0.6 is 0 Å². The van der Waals surface area contributed by atoms with Crippen molar-refractivity contribution in [2.45, 2.75) is 20.3 Å². The molecule has 0 radical (unpaired) electrons. The van der Waals surface area contributed by atoms with Gasteiger partial charge in [-0.05, 0) is 24.0 Å². The number of amides is 1. The molecule has 0 saturated carbocycles. The molecule has 1 N–H and O–H groups in total. The maximum atomic E-state index is 13.3. The van der Waals surface area contributed by atoms with Crippen LogP contribution in [-0.4, -0.2) is 12.5 Å². The Kier molecular flexibility index (Phi) is 5.31. The van der Waals surface area contributed by atoms with E-state index in [-0.39, 0.29) is 17.6 Å². The van der Waals surface area contributed by atoms with E-state index in [4.69, 9.17) is 5.26 Å². The molecule has 1 aromatic carbocycles. The van der Waals surface area contributed by atoms with Crippen LogP contribution in [-0.2, 0) is 11.2 Å². The average molecular weight is 248 g/mol. The second-order valence-corrected chi connectivity index (χ2v) is 4.48. The van der Waals surface area contributed by atoms with Crippen molar-refractivity contribution in [3.8, 4) is 6.07 Å². The minimum Gasteiger partial charge on any atom is -0.355 e. The SMILES string of the molecule is CC(C)C(C#N)C(=O)NCCc1ccccc1F. The maximum absolute atomic E-state index is 13.3. The first-order valence-electron chi connectivity index (χ1n) is 5.97. The summed E-state index contributed by atoms with van der Waals surface area (Å²) in [6.07, 6.45) is 0.425. The Morgan fingerprint density at radius 1 is 1.44 bits per heavy atom. The van der Waals surface area contributed by atoms with Gasteiger partial charge in [0.05, 0.1) is 6.07 Å². The van der Waals surface area contributed by atoms with Crippen LogP contribution in [0.25, 0.3) is 0 Å². The second kappa shape index (κ2) is 6.75. The summed E-state index contributed by atoms with van der Waals surface area (Å²) in [7, 11) is 0. The van der Waals surface area contributed by atoms with E-state index in [2.05, 4.69) is 5.32 Å². The van der Waals surface area contributed by atoms with E-state index in [0.717, 1.165) is 0 Å². The summed E-state index contributed by atoms with van der Waals surface area (Å²) in [5.41, 5.74) is 0.566. The van der Waals surface area contributed by atoms with E-state index in [1.54, 1.807) is 18.2 Å². The van der Waals surface area contributed by atoms with Crippen molar-refractivity contribution in [1.82, 2.24) is 5.32 Å². The number of benzene rings is 1. The van der Waals surface area contributed by atoms with Crippen LogP contribution in [0.4, 0.5) is 4.39 Å². The molecule has 0 spiro atoms. The zero-order valence-electron chi connectivity index (χ0n) is 10.6. The van der Waals surface area contributed by atoms with Crippen LogP contribution in [0.1, 0.15) is 19.4 Å². The lowest BCUT2D eigenvalue weighted by atomic mass is 9.96. The van der Waals surface area contributed by atoms with Gasteiger partial charge in [0.1, 0.15) is 11.7 Å². The third-order valence-corrected chi connectivity index (χ3v) is 2.74.